The van der Waals surface area contributed by atoms with E-state index in [1.165, 1.54) is 0 Å². The highest BCUT2D eigenvalue weighted by Gasteiger charge is 2.20. The molecule has 5 heteroatoms. The Morgan fingerprint density at radius 3 is 2.60 bits per heavy atom. The Labute approximate surface area is 124 Å². The van der Waals surface area contributed by atoms with Gasteiger partial charge in [-0.25, -0.2) is 0 Å². The van der Waals surface area contributed by atoms with Crippen molar-refractivity contribution in [2.24, 2.45) is 5.92 Å². The zero-order chi connectivity index (χ0) is 15.4. The Hall–Kier alpha value is -0.490. The molecule has 1 fully saturated rings. The molecule has 0 aromatic heterocycles. The Morgan fingerprint density at radius 2 is 2.10 bits per heavy atom. The third-order valence-electron chi connectivity index (χ3n) is 2.92. The van der Waals surface area contributed by atoms with Gasteiger partial charge in [-0.3, -0.25) is 4.90 Å². The van der Waals surface area contributed by atoms with Gasteiger partial charge in [-0.2, -0.15) is 0 Å². The van der Waals surface area contributed by atoms with E-state index in [2.05, 4.69) is 36.1 Å². The van der Waals surface area contributed by atoms with Gasteiger partial charge in [0, 0.05) is 38.6 Å². The number of hydrogen-bond donors (Lipinski definition) is 1. The Bertz CT molecular complexity index is 235. The van der Waals surface area contributed by atoms with E-state index in [4.69, 9.17) is 4.74 Å². The summed E-state index contributed by atoms with van der Waals surface area (Å²) in [6.07, 6.45) is 1.30. The average Bonchev–Trinajstić information content (AvgIpc) is 2.39. The van der Waals surface area contributed by atoms with Crippen molar-refractivity contribution in [2.45, 2.75) is 26.9 Å². The Morgan fingerprint density at radius 1 is 1.45 bits per heavy atom. The topological polar surface area (TPSA) is 44.8 Å². The molecule has 1 N–H and O–H groups in total. The lowest BCUT2D eigenvalue weighted by molar-refractivity contribution is -0.110. The lowest BCUT2D eigenvalue weighted by Gasteiger charge is -2.34. The van der Waals surface area contributed by atoms with Crippen LogP contribution >= 0.6 is 0 Å². The summed E-state index contributed by atoms with van der Waals surface area (Å²) < 4.78 is 5.72. The van der Waals surface area contributed by atoms with Crippen LogP contribution in [-0.2, 0) is 9.53 Å². The van der Waals surface area contributed by atoms with Crippen molar-refractivity contribution in [3.63, 3.8) is 0 Å². The van der Waals surface area contributed by atoms with Crippen molar-refractivity contribution in [3.8, 4) is 0 Å². The molecule has 1 heterocycles. The van der Waals surface area contributed by atoms with Crippen molar-refractivity contribution < 1.29 is 9.53 Å². The van der Waals surface area contributed by atoms with Crippen molar-refractivity contribution in [1.82, 2.24) is 15.1 Å². The van der Waals surface area contributed by atoms with E-state index >= 15 is 0 Å². The third-order valence-corrected chi connectivity index (χ3v) is 2.92. The van der Waals surface area contributed by atoms with Crippen LogP contribution in [0.4, 0.5) is 0 Å². The number of carbonyl (C=O) groups excluding carboxylic acids is 1. The van der Waals surface area contributed by atoms with Gasteiger partial charge in [-0.05, 0) is 20.6 Å². The van der Waals surface area contributed by atoms with Crippen LogP contribution in [0.5, 0.6) is 0 Å². The SMILES string of the molecule is CC(C)C=O.CCNCCN1CCOC(CN(C)C)C1. The molecule has 0 amide bonds. The summed E-state index contributed by atoms with van der Waals surface area (Å²) >= 11 is 0. The molecular weight excluding hydrogens is 254 g/mol. The number of nitrogens with one attached hydrogen (secondary N) is 1. The van der Waals surface area contributed by atoms with E-state index in [-0.39, 0.29) is 5.92 Å². The molecule has 1 rings (SSSR count). The number of likely N-dealkylation sites (N-methyl/N-ethyl adjacent to an activating group) is 2. The van der Waals surface area contributed by atoms with E-state index in [9.17, 15) is 4.79 Å². The first-order chi connectivity index (χ1) is 9.49. The van der Waals surface area contributed by atoms with Gasteiger partial charge >= 0.3 is 0 Å². The van der Waals surface area contributed by atoms with Gasteiger partial charge in [-0.1, -0.05) is 20.8 Å². The second-order valence-corrected chi connectivity index (χ2v) is 5.79. The molecule has 20 heavy (non-hydrogen) atoms. The maximum atomic E-state index is 9.50. The number of hydrogen-bond acceptors (Lipinski definition) is 5. The molecule has 1 saturated heterocycles. The minimum absolute atomic E-state index is 0.204. The Balaban J connectivity index is 0.000000621. The molecule has 1 aliphatic rings. The summed E-state index contributed by atoms with van der Waals surface area (Å²) in [5, 5.41) is 3.36. The summed E-state index contributed by atoms with van der Waals surface area (Å²) in [6.45, 7) is 13.2. The highest BCUT2D eigenvalue weighted by Crippen LogP contribution is 2.05. The van der Waals surface area contributed by atoms with Crippen LogP contribution in [0.25, 0.3) is 0 Å². The molecule has 0 aliphatic carbocycles. The number of nitrogens with zero attached hydrogens (tertiary/aromatic N) is 2. The fraction of sp³-hybridized carbons (Fsp3) is 0.933. The van der Waals surface area contributed by atoms with Crippen LogP contribution in [0.3, 0.4) is 0 Å². The van der Waals surface area contributed by atoms with Crippen LogP contribution in [0.2, 0.25) is 0 Å². The van der Waals surface area contributed by atoms with E-state index < -0.39 is 0 Å². The van der Waals surface area contributed by atoms with E-state index in [0.29, 0.717) is 6.10 Å². The smallest absolute Gasteiger partial charge is 0.122 e. The summed E-state index contributed by atoms with van der Waals surface area (Å²) in [7, 11) is 4.20. The fourth-order valence-electron chi connectivity index (χ4n) is 1.92. The molecule has 5 nitrogen and oxygen atoms in total. The second kappa shape index (κ2) is 12.3. The van der Waals surface area contributed by atoms with Gasteiger partial charge in [0.15, 0.2) is 0 Å². The van der Waals surface area contributed by atoms with Crippen molar-refractivity contribution in [1.29, 1.82) is 0 Å². The van der Waals surface area contributed by atoms with Gasteiger partial charge in [0.2, 0.25) is 0 Å². The minimum atomic E-state index is 0.204. The standard InChI is InChI=1S/C11H25N3O.C4H8O/c1-4-12-5-6-14-7-8-15-11(10-14)9-13(2)3;1-4(2)3-5/h11-12H,4-10H2,1-3H3;3-4H,1-2H3. The summed E-state index contributed by atoms with van der Waals surface area (Å²) in [4.78, 5) is 14.2. The maximum absolute atomic E-state index is 9.50. The molecule has 120 valence electrons. The molecule has 1 atom stereocenters. The predicted octanol–water partition coefficient (Wildman–Crippen LogP) is 0.700. The monoisotopic (exact) mass is 287 g/mol. The Kier molecular flexibility index (Phi) is 12.0. The lowest BCUT2D eigenvalue weighted by Crippen LogP contribution is -2.48. The largest absolute Gasteiger partial charge is 0.374 e. The number of ether oxygens (including phenoxy) is 1. The van der Waals surface area contributed by atoms with Crippen LogP contribution in [0.15, 0.2) is 0 Å². The van der Waals surface area contributed by atoms with Crippen molar-refractivity contribution in [2.75, 3.05) is 60.0 Å². The normalized spacial score (nSPS) is 19.9. The molecule has 0 saturated carbocycles. The van der Waals surface area contributed by atoms with E-state index in [0.717, 1.165) is 52.2 Å². The van der Waals surface area contributed by atoms with Crippen LogP contribution < -0.4 is 5.32 Å². The van der Waals surface area contributed by atoms with E-state index in [1.807, 2.05) is 13.8 Å². The maximum Gasteiger partial charge on any atom is 0.122 e. The van der Waals surface area contributed by atoms with Crippen molar-refractivity contribution >= 4 is 6.29 Å². The van der Waals surface area contributed by atoms with Crippen LogP contribution in [0.1, 0.15) is 20.8 Å². The van der Waals surface area contributed by atoms with Gasteiger partial charge in [-0.15, -0.1) is 0 Å². The van der Waals surface area contributed by atoms with Crippen molar-refractivity contribution in [3.05, 3.63) is 0 Å². The molecule has 1 aliphatic heterocycles. The van der Waals surface area contributed by atoms with Gasteiger partial charge in [0.1, 0.15) is 6.29 Å². The molecule has 0 aromatic carbocycles. The first kappa shape index (κ1) is 19.5. The minimum Gasteiger partial charge on any atom is -0.374 e. The summed E-state index contributed by atoms with van der Waals surface area (Å²) in [5.41, 5.74) is 0. The number of morpholine rings is 1. The summed E-state index contributed by atoms with van der Waals surface area (Å²) in [5.74, 6) is 0.204. The summed E-state index contributed by atoms with van der Waals surface area (Å²) in [6, 6.07) is 0. The van der Waals surface area contributed by atoms with Gasteiger partial charge in [0.05, 0.1) is 12.7 Å². The van der Waals surface area contributed by atoms with Crippen LogP contribution in [-0.4, -0.2) is 82.2 Å². The highest BCUT2D eigenvalue weighted by molar-refractivity contribution is 5.51. The molecular formula is C15H33N3O2. The fourth-order valence-corrected chi connectivity index (χ4v) is 1.92. The highest BCUT2D eigenvalue weighted by atomic mass is 16.5. The number of rotatable bonds is 7. The zero-order valence-corrected chi connectivity index (χ0v) is 13.9. The first-order valence-corrected chi connectivity index (χ1v) is 7.64. The van der Waals surface area contributed by atoms with Crippen LogP contribution in [0, 0.1) is 5.92 Å². The van der Waals surface area contributed by atoms with E-state index in [1.54, 1.807) is 0 Å². The van der Waals surface area contributed by atoms with Gasteiger partial charge < -0.3 is 19.7 Å². The molecule has 0 bridgehead atoms. The molecule has 0 radical (unpaired) electrons. The molecule has 0 aromatic rings. The van der Waals surface area contributed by atoms with Gasteiger partial charge in [0.25, 0.3) is 0 Å². The molecule has 1 unspecified atom stereocenters. The average molecular weight is 287 g/mol. The second-order valence-electron chi connectivity index (χ2n) is 5.79. The number of carbonyl (C=O) groups is 1. The number of aldehydes is 1. The first-order valence-electron chi connectivity index (χ1n) is 7.64. The quantitative estimate of drug-likeness (QED) is 0.552. The molecule has 0 spiro atoms. The predicted molar refractivity (Wildman–Crippen MR) is 84.2 cm³/mol. The third kappa shape index (κ3) is 11.3. The lowest BCUT2D eigenvalue weighted by atomic mass is 10.2. The zero-order valence-electron chi connectivity index (χ0n) is 13.9.